The van der Waals surface area contributed by atoms with Crippen molar-refractivity contribution in [3.63, 3.8) is 0 Å². The summed E-state index contributed by atoms with van der Waals surface area (Å²) in [5, 5.41) is 12.6. The Morgan fingerprint density at radius 3 is 2.50 bits per heavy atom. The smallest absolute Gasteiger partial charge is 0.374 e. The van der Waals surface area contributed by atoms with Gasteiger partial charge in [0.25, 0.3) is 0 Å². The fraction of sp³-hybridized carbons (Fsp3) is 0.412. The van der Waals surface area contributed by atoms with E-state index >= 15 is 0 Å². The number of aryl methyl sites for hydroxylation is 1. The van der Waals surface area contributed by atoms with Gasteiger partial charge in [-0.15, -0.1) is 0 Å². The number of aromatic carboxylic acids is 1. The maximum atomic E-state index is 12.9. The van der Waals surface area contributed by atoms with Crippen molar-refractivity contribution < 1.29 is 27.2 Å². The first-order chi connectivity index (χ1) is 12.3. The van der Waals surface area contributed by atoms with Crippen molar-refractivity contribution >= 4 is 16.0 Å². The summed E-state index contributed by atoms with van der Waals surface area (Å²) in [4.78, 5) is 10.8. The van der Waals surface area contributed by atoms with E-state index in [-0.39, 0.29) is 23.2 Å². The number of carbonyl (C=O) groups is 1. The molecule has 0 aliphatic carbocycles. The van der Waals surface area contributed by atoms with Crippen LogP contribution in [0.2, 0.25) is 0 Å². The third-order valence-corrected chi connectivity index (χ3v) is 6.44. The summed E-state index contributed by atoms with van der Waals surface area (Å²) in [5.41, 5.74) is 1.32. The minimum Gasteiger partial charge on any atom is -0.475 e. The van der Waals surface area contributed by atoms with E-state index in [9.17, 15) is 17.6 Å². The lowest BCUT2D eigenvalue weighted by Gasteiger charge is -2.30. The number of hydrogen-bond acceptors (Lipinski definition) is 5. The maximum absolute atomic E-state index is 12.9. The van der Waals surface area contributed by atoms with Crippen LogP contribution < -0.4 is 0 Å². The molecule has 9 heteroatoms. The van der Waals surface area contributed by atoms with Crippen molar-refractivity contribution in [1.82, 2.24) is 9.46 Å². The normalized spacial score (nSPS) is 16.7. The minimum atomic E-state index is -3.40. The molecule has 1 aromatic heterocycles. The van der Waals surface area contributed by atoms with Crippen LogP contribution in [0.5, 0.6) is 0 Å². The highest BCUT2D eigenvalue weighted by molar-refractivity contribution is 7.89. The third kappa shape index (κ3) is 4.28. The lowest BCUT2D eigenvalue weighted by molar-refractivity contribution is 0.0651. The predicted molar refractivity (Wildman–Crippen MR) is 90.9 cm³/mol. The van der Waals surface area contributed by atoms with Gasteiger partial charge in [-0.3, -0.25) is 0 Å². The van der Waals surface area contributed by atoms with E-state index in [1.165, 1.54) is 22.5 Å². The molecule has 0 spiro atoms. The molecule has 1 saturated heterocycles. The first-order valence-electron chi connectivity index (χ1n) is 8.27. The zero-order valence-corrected chi connectivity index (χ0v) is 14.8. The number of carboxylic acids is 1. The second-order valence-electron chi connectivity index (χ2n) is 6.29. The summed E-state index contributed by atoms with van der Waals surface area (Å²) in [6, 6.07) is 7.20. The Balaban J connectivity index is 1.55. The van der Waals surface area contributed by atoms with Gasteiger partial charge in [-0.1, -0.05) is 17.3 Å². The van der Waals surface area contributed by atoms with Crippen molar-refractivity contribution in [2.75, 3.05) is 18.8 Å². The quantitative estimate of drug-likeness (QED) is 0.822. The van der Waals surface area contributed by atoms with Crippen LogP contribution in [0.4, 0.5) is 4.39 Å². The Bertz CT molecular complexity index is 871. The van der Waals surface area contributed by atoms with Gasteiger partial charge in [0.1, 0.15) is 5.82 Å². The van der Waals surface area contributed by atoms with E-state index in [1.54, 1.807) is 12.1 Å². The number of aromatic nitrogens is 1. The monoisotopic (exact) mass is 382 g/mol. The SMILES string of the molecule is O=C(O)c1cc(C2CCN(S(=O)(=O)CCc3ccc(F)cc3)CC2)no1. The number of hydrogen-bond donors (Lipinski definition) is 1. The molecule has 0 unspecified atom stereocenters. The zero-order valence-electron chi connectivity index (χ0n) is 14.0. The number of halogens is 1. The van der Waals surface area contributed by atoms with Crippen molar-refractivity contribution in [2.45, 2.75) is 25.2 Å². The largest absolute Gasteiger partial charge is 0.475 e. The Kier molecular flexibility index (Phi) is 5.38. The highest BCUT2D eigenvalue weighted by atomic mass is 32.2. The highest BCUT2D eigenvalue weighted by Gasteiger charge is 2.30. The van der Waals surface area contributed by atoms with Gasteiger partial charge in [-0.05, 0) is 37.0 Å². The van der Waals surface area contributed by atoms with Crippen LogP contribution >= 0.6 is 0 Å². The van der Waals surface area contributed by atoms with Gasteiger partial charge in [-0.25, -0.2) is 21.9 Å². The average molecular weight is 382 g/mol. The number of sulfonamides is 1. The predicted octanol–water partition coefficient (Wildman–Crippen LogP) is 2.26. The maximum Gasteiger partial charge on any atom is 0.374 e. The van der Waals surface area contributed by atoms with Gasteiger partial charge >= 0.3 is 5.97 Å². The van der Waals surface area contributed by atoms with Gasteiger partial charge in [0.15, 0.2) is 0 Å². The van der Waals surface area contributed by atoms with Crippen LogP contribution in [0.3, 0.4) is 0 Å². The van der Waals surface area contributed by atoms with Gasteiger partial charge in [0.2, 0.25) is 15.8 Å². The topological polar surface area (TPSA) is 101 Å². The van der Waals surface area contributed by atoms with E-state index in [4.69, 9.17) is 9.63 Å². The molecule has 3 rings (SSSR count). The Morgan fingerprint density at radius 2 is 1.92 bits per heavy atom. The molecule has 26 heavy (non-hydrogen) atoms. The molecule has 0 atom stereocenters. The highest BCUT2D eigenvalue weighted by Crippen LogP contribution is 2.29. The summed E-state index contributed by atoms with van der Waals surface area (Å²) < 4.78 is 44.1. The van der Waals surface area contributed by atoms with Crippen molar-refractivity contribution in [2.24, 2.45) is 0 Å². The van der Waals surface area contributed by atoms with Crippen molar-refractivity contribution in [3.05, 3.63) is 53.2 Å². The number of nitrogens with zero attached hydrogens (tertiary/aromatic N) is 2. The van der Waals surface area contributed by atoms with Crippen LogP contribution in [0, 0.1) is 5.82 Å². The number of carboxylic acid groups (broad SMARTS) is 1. The molecule has 0 saturated carbocycles. The zero-order chi connectivity index (χ0) is 18.7. The molecular formula is C17H19FN2O5S. The Hall–Kier alpha value is -2.26. The number of benzene rings is 1. The fourth-order valence-electron chi connectivity index (χ4n) is 3.04. The lowest BCUT2D eigenvalue weighted by Crippen LogP contribution is -2.39. The van der Waals surface area contributed by atoms with Gasteiger partial charge in [0, 0.05) is 25.1 Å². The summed E-state index contributed by atoms with van der Waals surface area (Å²) in [7, 11) is -3.40. The van der Waals surface area contributed by atoms with Gasteiger partial charge in [-0.2, -0.15) is 0 Å². The van der Waals surface area contributed by atoms with Gasteiger partial charge in [0.05, 0.1) is 11.4 Å². The molecule has 7 nitrogen and oxygen atoms in total. The van der Waals surface area contributed by atoms with E-state index in [0.717, 1.165) is 5.56 Å². The van der Waals surface area contributed by atoms with Crippen LogP contribution in [0.1, 0.15) is 40.6 Å². The molecule has 1 aliphatic rings. The lowest BCUT2D eigenvalue weighted by atomic mass is 9.94. The molecular weight excluding hydrogens is 363 g/mol. The van der Waals surface area contributed by atoms with Crippen molar-refractivity contribution in [1.29, 1.82) is 0 Å². The van der Waals surface area contributed by atoms with E-state index < -0.39 is 16.0 Å². The third-order valence-electron chi connectivity index (χ3n) is 4.57. The molecule has 1 fully saturated rings. The second-order valence-corrected chi connectivity index (χ2v) is 8.38. The summed E-state index contributed by atoms with van der Waals surface area (Å²) in [6.45, 7) is 0.706. The summed E-state index contributed by atoms with van der Waals surface area (Å²) in [6.07, 6.45) is 1.44. The van der Waals surface area contributed by atoms with E-state index in [0.29, 0.717) is 38.0 Å². The minimum absolute atomic E-state index is 0.0181. The van der Waals surface area contributed by atoms with E-state index in [1.807, 2.05) is 0 Å². The van der Waals surface area contributed by atoms with E-state index in [2.05, 4.69) is 5.16 Å². The molecule has 0 radical (unpaired) electrons. The molecule has 2 aromatic rings. The first kappa shape index (κ1) is 18.5. The Morgan fingerprint density at radius 1 is 1.27 bits per heavy atom. The van der Waals surface area contributed by atoms with Crippen LogP contribution in [-0.2, 0) is 16.4 Å². The molecule has 1 aromatic carbocycles. The summed E-state index contributed by atoms with van der Waals surface area (Å²) >= 11 is 0. The molecule has 0 bridgehead atoms. The first-order valence-corrected chi connectivity index (χ1v) is 9.88. The molecule has 2 heterocycles. The van der Waals surface area contributed by atoms with Crippen molar-refractivity contribution in [3.8, 4) is 0 Å². The second kappa shape index (κ2) is 7.55. The molecule has 1 N–H and O–H groups in total. The number of rotatable bonds is 6. The fourth-order valence-corrected chi connectivity index (χ4v) is 4.56. The number of piperidine rings is 1. The molecule has 140 valence electrons. The van der Waals surface area contributed by atoms with Gasteiger partial charge < -0.3 is 9.63 Å². The Labute approximate surface area is 150 Å². The van der Waals surface area contributed by atoms with Crippen LogP contribution in [-0.4, -0.2) is 47.8 Å². The molecule has 1 aliphatic heterocycles. The molecule has 0 amide bonds. The standard InChI is InChI=1S/C17H19FN2O5S/c18-14-3-1-12(2-4-14)7-10-26(23,24)20-8-5-13(6-9-20)15-11-16(17(21)22)25-19-15/h1-4,11,13H,5-10H2,(H,21,22). The summed E-state index contributed by atoms with van der Waals surface area (Å²) in [5.74, 6) is -1.79. The van der Waals surface area contributed by atoms with Crippen LogP contribution in [0.15, 0.2) is 34.9 Å². The average Bonchev–Trinajstić information content (AvgIpc) is 3.12. The van der Waals surface area contributed by atoms with Crippen LogP contribution in [0.25, 0.3) is 0 Å².